The first-order valence-corrected chi connectivity index (χ1v) is 9.70. The molecule has 0 radical (unpaired) electrons. The molecule has 1 N–H and O–H groups in total. The second-order valence-electron chi connectivity index (χ2n) is 5.56. The number of aryl methyl sites for hydroxylation is 1. The van der Waals surface area contributed by atoms with Crippen LogP contribution in [0, 0.1) is 6.92 Å². The molecule has 0 aliphatic rings. The third-order valence-electron chi connectivity index (χ3n) is 3.67. The highest BCUT2D eigenvalue weighted by Gasteiger charge is 2.18. The maximum absolute atomic E-state index is 12.3. The Kier molecular flexibility index (Phi) is 6.26. The van der Waals surface area contributed by atoms with Crippen LogP contribution in [0.4, 0.5) is 5.69 Å². The summed E-state index contributed by atoms with van der Waals surface area (Å²) < 4.78 is 7.23. The van der Waals surface area contributed by atoms with Gasteiger partial charge in [0.15, 0.2) is 11.0 Å². The Morgan fingerprint density at radius 3 is 2.85 bits per heavy atom. The molecule has 3 rings (SSSR count). The van der Waals surface area contributed by atoms with Crippen molar-refractivity contribution < 1.29 is 9.21 Å². The molecular weight excluding hydrogens is 407 g/mol. The highest BCUT2D eigenvalue weighted by atomic mass is 35.5. The SMILES string of the molecule is C=CCn1c(SCC(=O)Nc2ccc(Cl)cc2Cl)nnc1-c1ccoc1C. The van der Waals surface area contributed by atoms with Crippen molar-refractivity contribution in [1.82, 2.24) is 14.8 Å². The zero-order valence-electron chi connectivity index (χ0n) is 14.4. The number of allylic oxidation sites excluding steroid dienone is 1. The molecule has 0 bridgehead atoms. The van der Waals surface area contributed by atoms with Gasteiger partial charge in [-0.05, 0) is 31.2 Å². The molecule has 2 aromatic heterocycles. The van der Waals surface area contributed by atoms with E-state index in [9.17, 15) is 4.79 Å². The number of hydrogen-bond acceptors (Lipinski definition) is 5. The van der Waals surface area contributed by atoms with Gasteiger partial charge in [-0.2, -0.15) is 0 Å². The molecule has 0 saturated heterocycles. The van der Waals surface area contributed by atoms with Crippen LogP contribution in [0.2, 0.25) is 10.0 Å². The van der Waals surface area contributed by atoms with Gasteiger partial charge in [0, 0.05) is 11.6 Å². The molecule has 9 heteroatoms. The topological polar surface area (TPSA) is 73.0 Å². The molecule has 27 heavy (non-hydrogen) atoms. The van der Waals surface area contributed by atoms with E-state index in [4.69, 9.17) is 27.6 Å². The Hall–Kier alpha value is -2.22. The van der Waals surface area contributed by atoms with E-state index >= 15 is 0 Å². The van der Waals surface area contributed by atoms with Crippen LogP contribution in [0.25, 0.3) is 11.4 Å². The first-order valence-electron chi connectivity index (χ1n) is 7.96. The second kappa shape index (κ2) is 8.65. The van der Waals surface area contributed by atoms with Crippen LogP contribution in [0.15, 0.2) is 52.8 Å². The number of furan rings is 1. The number of nitrogens with zero attached hydrogens (tertiary/aromatic N) is 3. The fourth-order valence-electron chi connectivity index (χ4n) is 2.41. The highest BCUT2D eigenvalue weighted by molar-refractivity contribution is 7.99. The number of carbonyl (C=O) groups is 1. The zero-order chi connectivity index (χ0) is 19.4. The Labute approximate surface area is 170 Å². The van der Waals surface area contributed by atoms with Gasteiger partial charge in [0.05, 0.1) is 28.3 Å². The van der Waals surface area contributed by atoms with E-state index in [-0.39, 0.29) is 11.7 Å². The maximum Gasteiger partial charge on any atom is 0.234 e. The van der Waals surface area contributed by atoms with Crippen molar-refractivity contribution in [2.45, 2.75) is 18.6 Å². The van der Waals surface area contributed by atoms with Crippen LogP contribution in [-0.2, 0) is 11.3 Å². The predicted molar refractivity (Wildman–Crippen MR) is 108 cm³/mol. The number of carbonyl (C=O) groups excluding carboxylic acids is 1. The first-order chi connectivity index (χ1) is 13.0. The molecule has 1 amide bonds. The third-order valence-corrected chi connectivity index (χ3v) is 5.18. The molecule has 0 aliphatic carbocycles. The Morgan fingerprint density at radius 1 is 1.37 bits per heavy atom. The lowest BCUT2D eigenvalue weighted by Crippen LogP contribution is -2.15. The van der Waals surface area contributed by atoms with Gasteiger partial charge in [-0.1, -0.05) is 41.0 Å². The van der Waals surface area contributed by atoms with Crippen LogP contribution >= 0.6 is 35.0 Å². The predicted octanol–water partition coefficient (Wildman–Crippen LogP) is 5.07. The van der Waals surface area contributed by atoms with Crippen LogP contribution in [-0.4, -0.2) is 26.4 Å². The van der Waals surface area contributed by atoms with Gasteiger partial charge < -0.3 is 9.73 Å². The van der Waals surface area contributed by atoms with Crippen molar-refractivity contribution >= 4 is 46.6 Å². The largest absolute Gasteiger partial charge is 0.469 e. The van der Waals surface area contributed by atoms with Crippen LogP contribution < -0.4 is 5.32 Å². The number of nitrogens with one attached hydrogen (secondary N) is 1. The van der Waals surface area contributed by atoms with E-state index in [1.165, 1.54) is 11.8 Å². The molecule has 0 fully saturated rings. The molecule has 0 spiro atoms. The van der Waals surface area contributed by atoms with Gasteiger partial charge in [0.25, 0.3) is 0 Å². The van der Waals surface area contributed by atoms with Gasteiger partial charge in [-0.15, -0.1) is 16.8 Å². The smallest absolute Gasteiger partial charge is 0.234 e. The lowest BCUT2D eigenvalue weighted by atomic mass is 10.2. The fourth-order valence-corrected chi connectivity index (χ4v) is 3.62. The minimum Gasteiger partial charge on any atom is -0.469 e. The molecule has 0 atom stereocenters. The number of rotatable bonds is 7. The number of thioether (sulfide) groups is 1. The summed E-state index contributed by atoms with van der Waals surface area (Å²) in [5.74, 6) is 1.36. The lowest BCUT2D eigenvalue weighted by molar-refractivity contribution is -0.113. The van der Waals surface area contributed by atoms with E-state index in [1.54, 1.807) is 30.5 Å². The van der Waals surface area contributed by atoms with Gasteiger partial charge in [-0.25, -0.2) is 0 Å². The number of amides is 1. The number of anilines is 1. The molecule has 0 unspecified atom stereocenters. The van der Waals surface area contributed by atoms with E-state index in [0.29, 0.717) is 33.3 Å². The minimum absolute atomic E-state index is 0.151. The summed E-state index contributed by atoms with van der Waals surface area (Å²) in [5.41, 5.74) is 1.36. The molecule has 0 saturated carbocycles. The van der Waals surface area contributed by atoms with Crippen LogP contribution in [0.3, 0.4) is 0 Å². The van der Waals surface area contributed by atoms with E-state index in [0.717, 1.165) is 11.3 Å². The molecule has 0 aliphatic heterocycles. The summed E-state index contributed by atoms with van der Waals surface area (Å²) in [7, 11) is 0. The highest BCUT2D eigenvalue weighted by Crippen LogP contribution is 2.28. The monoisotopic (exact) mass is 422 g/mol. The van der Waals surface area contributed by atoms with Crippen molar-refractivity contribution in [2.75, 3.05) is 11.1 Å². The van der Waals surface area contributed by atoms with Crippen molar-refractivity contribution in [2.24, 2.45) is 0 Å². The molecular formula is C18H16Cl2N4O2S. The van der Waals surface area contributed by atoms with E-state index in [2.05, 4.69) is 22.1 Å². The quantitative estimate of drug-likeness (QED) is 0.424. The Balaban J connectivity index is 1.72. The second-order valence-corrected chi connectivity index (χ2v) is 7.34. The number of halogens is 2. The van der Waals surface area contributed by atoms with Crippen molar-refractivity contribution in [1.29, 1.82) is 0 Å². The summed E-state index contributed by atoms with van der Waals surface area (Å²) in [6.07, 6.45) is 3.35. The lowest BCUT2D eigenvalue weighted by Gasteiger charge is -2.09. The summed E-state index contributed by atoms with van der Waals surface area (Å²) in [6, 6.07) is 6.73. The minimum atomic E-state index is -0.210. The summed E-state index contributed by atoms with van der Waals surface area (Å²) in [4.78, 5) is 12.3. The average molecular weight is 423 g/mol. The first kappa shape index (κ1) is 19.5. The van der Waals surface area contributed by atoms with Gasteiger partial charge in [0.2, 0.25) is 5.91 Å². The fraction of sp³-hybridized carbons (Fsp3) is 0.167. The van der Waals surface area contributed by atoms with Crippen molar-refractivity contribution in [3.8, 4) is 11.4 Å². The van der Waals surface area contributed by atoms with Gasteiger partial charge in [0.1, 0.15) is 5.76 Å². The zero-order valence-corrected chi connectivity index (χ0v) is 16.7. The Bertz CT molecular complexity index is 984. The summed E-state index contributed by atoms with van der Waals surface area (Å²) in [6.45, 7) is 6.15. The van der Waals surface area contributed by atoms with Gasteiger partial charge >= 0.3 is 0 Å². The molecule has 3 aromatic rings. The summed E-state index contributed by atoms with van der Waals surface area (Å²) >= 11 is 13.2. The number of benzene rings is 1. The Morgan fingerprint density at radius 2 is 2.19 bits per heavy atom. The van der Waals surface area contributed by atoms with Crippen molar-refractivity contribution in [3.05, 3.63) is 59.0 Å². The maximum atomic E-state index is 12.3. The molecule has 2 heterocycles. The molecule has 140 valence electrons. The third kappa shape index (κ3) is 4.55. The molecule has 1 aromatic carbocycles. The molecule has 6 nitrogen and oxygen atoms in total. The van der Waals surface area contributed by atoms with E-state index in [1.807, 2.05) is 17.6 Å². The van der Waals surface area contributed by atoms with Crippen LogP contribution in [0.5, 0.6) is 0 Å². The summed E-state index contributed by atoms with van der Waals surface area (Å²) in [5, 5.41) is 12.7. The van der Waals surface area contributed by atoms with Crippen molar-refractivity contribution in [3.63, 3.8) is 0 Å². The standard InChI is InChI=1S/C18H16Cl2N4O2S/c1-3-7-24-17(13-6-8-26-11(13)2)22-23-18(24)27-10-16(25)21-15-5-4-12(19)9-14(15)20/h3-6,8-9H,1,7,10H2,2H3,(H,21,25). The van der Waals surface area contributed by atoms with Crippen LogP contribution in [0.1, 0.15) is 5.76 Å². The van der Waals surface area contributed by atoms with Gasteiger partial charge in [-0.3, -0.25) is 9.36 Å². The van der Waals surface area contributed by atoms with E-state index < -0.39 is 0 Å². The normalized spacial score (nSPS) is 10.8. The number of hydrogen-bond donors (Lipinski definition) is 1. The average Bonchev–Trinajstić information content (AvgIpc) is 3.22. The number of aromatic nitrogens is 3.